The first-order valence-electron chi connectivity index (χ1n) is 5.12. The Balaban J connectivity index is 0. The van der Waals surface area contributed by atoms with Gasteiger partial charge in [-0.1, -0.05) is 41.5 Å². The predicted molar refractivity (Wildman–Crippen MR) is 63.6 cm³/mol. The second-order valence-corrected chi connectivity index (χ2v) is 3.37. The fourth-order valence-electron chi connectivity index (χ4n) is 0.637. The summed E-state index contributed by atoms with van der Waals surface area (Å²) < 4.78 is 0. The van der Waals surface area contributed by atoms with Crippen LogP contribution in [0.25, 0.3) is 0 Å². The molecule has 0 saturated carbocycles. The zero-order valence-corrected chi connectivity index (χ0v) is 10.8. The molecule has 78 valence electrons. The van der Waals surface area contributed by atoms with Gasteiger partial charge in [-0.3, -0.25) is 0 Å². The minimum absolute atomic E-state index is 0.587. The molecule has 0 aliphatic rings. The SMILES string of the molecule is CC.CC.Cc1csc(C(C)C)n1. The number of aryl methyl sites for hydroxylation is 1. The highest BCUT2D eigenvalue weighted by molar-refractivity contribution is 7.09. The van der Waals surface area contributed by atoms with E-state index in [0.717, 1.165) is 5.69 Å². The van der Waals surface area contributed by atoms with Crippen molar-refractivity contribution in [1.82, 2.24) is 4.98 Å². The molecule has 0 spiro atoms. The summed E-state index contributed by atoms with van der Waals surface area (Å²) in [4.78, 5) is 4.33. The fraction of sp³-hybridized carbons (Fsp3) is 0.727. The van der Waals surface area contributed by atoms with Crippen LogP contribution in [-0.2, 0) is 0 Å². The molecule has 2 heteroatoms. The molecule has 0 radical (unpaired) electrons. The second kappa shape index (κ2) is 9.72. The van der Waals surface area contributed by atoms with E-state index in [1.807, 2.05) is 34.6 Å². The normalized spacial score (nSPS) is 8.31. The van der Waals surface area contributed by atoms with Gasteiger partial charge in [0.25, 0.3) is 0 Å². The molecule has 0 N–H and O–H groups in total. The Morgan fingerprint density at radius 3 is 1.77 bits per heavy atom. The summed E-state index contributed by atoms with van der Waals surface area (Å²) in [5, 5.41) is 3.34. The molecule has 0 aliphatic heterocycles. The van der Waals surface area contributed by atoms with E-state index in [1.165, 1.54) is 5.01 Å². The molecule has 0 saturated heterocycles. The number of thiazole rings is 1. The standard InChI is InChI=1S/C7H11NS.2C2H6/c1-5(2)7-8-6(3)4-9-7;2*1-2/h4-5H,1-3H3;2*1-2H3. The lowest BCUT2D eigenvalue weighted by atomic mass is 10.2. The van der Waals surface area contributed by atoms with Crippen LogP contribution in [-0.4, -0.2) is 4.98 Å². The minimum atomic E-state index is 0.587. The first-order valence-corrected chi connectivity index (χ1v) is 6.00. The third-order valence-electron chi connectivity index (χ3n) is 1.13. The molecule has 1 heterocycles. The van der Waals surface area contributed by atoms with E-state index in [1.54, 1.807) is 11.3 Å². The smallest absolute Gasteiger partial charge is 0.0953 e. The van der Waals surface area contributed by atoms with Gasteiger partial charge in [0.15, 0.2) is 0 Å². The molecule has 1 nitrogen and oxygen atoms in total. The van der Waals surface area contributed by atoms with Crippen LogP contribution in [0.3, 0.4) is 0 Å². The number of hydrogen-bond donors (Lipinski definition) is 0. The van der Waals surface area contributed by atoms with Crippen LogP contribution < -0.4 is 0 Å². The van der Waals surface area contributed by atoms with Crippen LogP contribution in [0.5, 0.6) is 0 Å². The lowest BCUT2D eigenvalue weighted by Gasteiger charge is -1.94. The Hall–Kier alpha value is -0.370. The van der Waals surface area contributed by atoms with Crippen molar-refractivity contribution in [2.24, 2.45) is 0 Å². The summed E-state index contributed by atoms with van der Waals surface area (Å²) in [6, 6.07) is 0. The summed E-state index contributed by atoms with van der Waals surface area (Å²) in [6.45, 7) is 14.4. The van der Waals surface area contributed by atoms with Crippen molar-refractivity contribution in [3.63, 3.8) is 0 Å². The highest BCUT2D eigenvalue weighted by Gasteiger charge is 2.01. The first kappa shape index (κ1) is 15.1. The molecule has 0 atom stereocenters. The van der Waals surface area contributed by atoms with Gasteiger partial charge < -0.3 is 0 Å². The van der Waals surface area contributed by atoms with Crippen molar-refractivity contribution in [3.8, 4) is 0 Å². The molecule has 1 rings (SSSR count). The van der Waals surface area contributed by atoms with Gasteiger partial charge in [0, 0.05) is 17.0 Å². The van der Waals surface area contributed by atoms with Gasteiger partial charge in [0.2, 0.25) is 0 Å². The van der Waals surface area contributed by atoms with Gasteiger partial charge in [-0.15, -0.1) is 11.3 Å². The largest absolute Gasteiger partial charge is 0.246 e. The highest BCUT2D eigenvalue weighted by atomic mass is 32.1. The molecule has 0 aromatic carbocycles. The Labute approximate surface area is 87.2 Å². The Bertz CT molecular complexity index is 192. The predicted octanol–water partition coefficient (Wildman–Crippen LogP) is 4.63. The van der Waals surface area contributed by atoms with Gasteiger partial charge in [-0.2, -0.15) is 0 Å². The Morgan fingerprint density at radius 2 is 1.62 bits per heavy atom. The fourth-order valence-corrected chi connectivity index (χ4v) is 1.45. The van der Waals surface area contributed by atoms with Gasteiger partial charge in [-0.05, 0) is 6.92 Å². The number of hydrogen-bond acceptors (Lipinski definition) is 2. The minimum Gasteiger partial charge on any atom is -0.246 e. The molecule has 0 fully saturated rings. The summed E-state index contributed by atoms with van der Waals surface area (Å²) in [6.07, 6.45) is 0. The van der Waals surface area contributed by atoms with Crippen LogP contribution in [0.4, 0.5) is 0 Å². The molecular weight excluding hydrogens is 178 g/mol. The molecule has 0 bridgehead atoms. The second-order valence-electron chi connectivity index (χ2n) is 2.48. The Morgan fingerprint density at radius 1 is 1.15 bits per heavy atom. The molecule has 1 aromatic rings. The van der Waals surface area contributed by atoms with Crippen LogP contribution >= 0.6 is 11.3 Å². The maximum atomic E-state index is 4.33. The molecule has 0 unspecified atom stereocenters. The monoisotopic (exact) mass is 201 g/mol. The van der Waals surface area contributed by atoms with E-state index in [9.17, 15) is 0 Å². The molecule has 13 heavy (non-hydrogen) atoms. The molecular formula is C11H23NS. The van der Waals surface area contributed by atoms with Crippen molar-refractivity contribution in [2.75, 3.05) is 0 Å². The van der Waals surface area contributed by atoms with Crippen LogP contribution in [0.15, 0.2) is 5.38 Å². The maximum absolute atomic E-state index is 4.33. The zero-order chi connectivity index (χ0) is 10.9. The zero-order valence-electron chi connectivity index (χ0n) is 10.0. The number of rotatable bonds is 1. The average molecular weight is 201 g/mol. The van der Waals surface area contributed by atoms with E-state index in [2.05, 4.69) is 24.2 Å². The maximum Gasteiger partial charge on any atom is 0.0953 e. The highest BCUT2D eigenvalue weighted by Crippen LogP contribution is 2.17. The Kier molecular flexibility index (Phi) is 11.3. The number of aromatic nitrogens is 1. The third-order valence-corrected chi connectivity index (χ3v) is 2.39. The topological polar surface area (TPSA) is 12.9 Å². The van der Waals surface area contributed by atoms with E-state index in [0.29, 0.717) is 5.92 Å². The van der Waals surface area contributed by atoms with Gasteiger partial charge in [0.05, 0.1) is 5.01 Å². The van der Waals surface area contributed by atoms with Crippen molar-refractivity contribution < 1.29 is 0 Å². The van der Waals surface area contributed by atoms with Crippen LogP contribution in [0, 0.1) is 6.92 Å². The van der Waals surface area contributed by atoms with Crippen LogP contribution in [0.2, 0.25) is 0 Å². The van der Waals surface area contributed by atoms with Crippen molar-refractivity contribution in [1.29, 1.82) is 0 Å². The van der Waals surface area contributed by atoms with E-state index >= 15 is 0 Å². The van der Waals surface area contributed by atoms with Crippen molar-refractivity contribution in [3.05, 3.63) is 16.1 Å². The van der Waals surface area contributed by atoms with Crippen molar-refractivity contribution in [2.45, 2.75) is 54.4 Å². The molecule has 0 amide bonds. The first-order chi connectivity index (χ1) is 6.20. The van der Waals surface area contributed by atoms with E-state index in [4.69, 9.17) is 0 Å². The quantitative estimate of drug-likeness (QED) is 0.645. The van der Waals surface area contributed by atoms with E-state index < -0.39 is 0 Å². The average Bonchev–Trinajstić information content (AvgIpc) is 2.59. The van der Waals surface area contributed by atoms with Crippen LogP contribution in [0.1, 0.15) is 58.2 Å². The third kappa shape index (κ3) is 6.76. The van der Waals surface area contributed by atoms with Gasteiger partial charge in [-0.25, -0.2) is 4.98 Å². The lowest BCUT2D eigenvalue weighted by Crippen LogP contribution is -1.83. The summed E-state index contributed by atoms with van der Waals surface area (Å²) >= 11 is 1.75. The molecule has 1 aromatic heterocycles. The van der Waals surface area contributed by atoms with Gasteiger partial charge in [0.1, 0.15) is 0 Å². The van der Waals surface area contributed by atoms with E-state index in [-0.39, 0.29) is 0 Å². The summed E-state index contributed by atoms with van der Waals surface area (Å²) in [7, 11) is 0. The summed E-state index contributed by atoms with van der Waals surface area (Å²) in [5.74, 6) is 0.587. The number of nitrogens with zero attached hydrogens (tertiary/aromatic N) is 1. The lowest BCUT2D eigenvalue weighted by molar-refractivity contribution is 0.847. The van der Waals surface area contributed by atoms with Crippen molar-refractivity contribution >= 4 is 11.3 Å². The van der Waals surface area contributed by atoms with Gasteiger partial charge >= 0.3 is 0 Å². The molecule has 0 aliphatic carbocycles. The summed E-state index contributed by atoms with van der Waals surface area (Å²) in [5.41, 5.74) is 1.14.